The van der Waals surface area contributed by atoms with Gasteiger partial charge in [0.2, 0.25) is 0 Å². The highest BCUT2D eigenvalue weighted by Crippen LogP contribution is 2.54. The molecule has 0 saturated heterocycles. The Kier molecular flexibility index (Phi) is 9.20. The summed E-state index contributed by atoms with van der Waals surface area (Å²) in [6, 6.07) is 3.46. The third-order valence-corrected chi connectivity index (χ3v) is 6.17. The van der Waals surface area contributed by atoms with Crippen LogP contribution in [0.15, 0.2) is 16.6 Å². The Hall–Kier alpha value is -0.880. The maximum absolute atomic E-state index is 13.3. The van der Waals surface area contributed by atoms with Crippen LogP contribution in [-0.2, 0) is 30.2 Å². The lowest BCUT2D eigenvalue weighted by molar-refractivity contribution is -0.136. The van der Waals surface area contributed by atoms with E-state index >= 15 is 0 Å². The smallest absolute Gasteiger partial charge is 0.481 e. The number of carbonyl (C=O) groups is 1. The fourth-order valence-corrected chi connectivity index (χ4v) is 5.27. The predicted molar refractivity (Wildman–Crippen MR) is 114 cm³/mol. The molecule has 0 aliphatic heterocycles. The van der Waals surface area contributed by atoms with Gasteiger partial charge in [0.15, 0.2) is 0 Å². The molecule has 0 atom stereocenters. The van der Waals surface area contributed by atoms with Crippen LogP contribution in [0.3, 0.4) is 0 Å². The van der Waals surface area contributed by atoms with Gasteiger partial charge in [-0.05, 0) is 57.2 Å². The van der Waals surface area contributed by atoms with Crippen LogP contribution in [0, 0.1) is 0 Å². The molecule has 160 valence electrons. The number of phosphoric ester groups is 1. The highest BCUT2D eigenvalue weighted by molar-refractivity contribution is 9.10. The van der Waals surface area contributed by atoms with Crippen LogP contribution >= 0.6 is 23.8 Å². The lowest BCUT2D eigenvalue weighted by Crippen LogP contribution is -2.22. The highest BCUT2D eigenvalue weighted by atomic mass is 79.9. The summed E-state index contributed by atoms with van der Waals surface area (Å²) in [6.07, 6.45) is 0.790. The number of benzene rings is 1. The molecule has 1 rings (SSSR count). The van der Waals surface area contributed by atoms with Gasteiger partial charge in [-0.1, -0.05) is 43.1 Å². The lowest BCUT2D eigenvalue weighted by atomic mass is 9.77. The summed E-state index contributed by atoms with van der Waals surface area (Å²) >= 11 is 3.41. The molecule has 1 N–H and O–H groups in total. The van der Waals surface area contributed by atoms with Crippen LogP contribution in [0.2, 0.25) is 0 Å². The molecule has 0 amide bonds. The molecule has 0 heterocycles. The van der Waals surface area contributed by atoms with Crippen molar-refractivity contribution in [1.29, 1.82) is 0 Å². The standard InChI is InChI=1S/C20H32BrO6P/c1-8-9-20(6,7)19-15(11-18(22)23)10-16(21)12-17(19)27-28(24,25-13(2)3)26-14(4)5/h10,12-14H,8-9,11H2,1-7H3,(H,22,23). The van der Waals surface area contributed by atoms with Crippen LogP contribution in [0.4, 0.5) is 0 Å². The largest absolute Gasteiger partial charge is 0.530 e. The van der Waals surface area contributed by atoms with E-state index in [1.54, 1.807) is 39.8 Å². The molecule has 0 aliphatic rings. The molecule has 6 nitrogen and oxygen atoms in total. The van der Waals surface area contributed by atoms with E-state index in [1.165, 1.54) is 0 Å². The van der Waals surface area contributed by atoms with Crippen molar-refractivity contribution >= 4 is 29.7 Å². The maximum Gasteiger partial charge on any atom is 0.530 e. The summed E-state index contributed by atoms with van der Waals surface area (Å²) in [5.74, 6) is -0.633. The van der Waals surface area contributed by atoms with Gasteiger partial charge in [-0.25, -0.2) is 4.57 Å². The number of rotatable bonds is 11. The van der Waals surface area contributed by atoms with Crippen LogP contribution < -0.4 is 4.52 Å². The van der Waals surface area contributed by atoms with E-state index in [9.17, 15) is 14.5 Å². The number of aliphatic carboxylic acids is 1. The van der Waals surface area contributed by atoms with Gasteiger partial charge in [-0.15, -0.1) is 0 Å². The summed E-state index contributed by atoms with van der Waals surface area (Å²) in [7, 11) is -3.91. The van der Waals surface area contributed by atoms with Crippen LogP contribution in [-0.4, -0.2) is 23.3 Å². The summed E-state index contributed by atoms with van der Waals surface area (Å²) in [5, 5.41) is 9.38. The van der Waals surface area contributed by atoms with Crippen molar-refractivity contribution in [3.05, 3.63) is 27.7 Å². The Morgan fingerprint density at radius 1 is 1.18 bits per heavy atom. The first-order valence-corrected chi connectivity index (χ1v) is 11.8. The number of hydrogen-bond acceptors (Lipinski definition) is 5. The van der Waals surface area contributed by atoms with Crippen molar-refractivity contribution in [2.75, 3.05) is 0 Å². The Balaban J connectivity index is 3.60. The van der Waals surface area contributed by atoms with Gasteiger partial charge < -0.3 is 9.63 Å². The Labute approximate surface area is 176 Å². The topological polar surface area (TPSA) is 82.1 Å². The number of halogens is 1. The van der Waals surface area contributed by atoms with Gasteiger partial charge in [0, 0.05) is 10.0 Å². The Morgan fingerprint density at radius 3 is 2.14 bits per heavy atom. The fourth-order valence-electron chi connectivity index (χ4n) is 3.23. The van der Waals surface area contributed by atoms with E-state index in [0.717, 1.165) is 12.8 Å². The van der Waals surface area contributed by atoms with E-state index < -0.39 is 19.2 Å². The van der Waals surface area contributed by atoms with E-state index in [2.05, 4.69) is 22.9 Å². The molecule has 1 aromatic rings. The van der Waals surface area contributed by atoms with Crippen molar-refractivity contribution in [1.82, 2.24) is 0 Å². The molecule has 8 heteroatoms. The molecule has 0 unspecified atom stereocenters. The third-order valence-electron chi connectivity index (χ3n) is 3.93. The molecular weight excluding hydrogens is 447 g/mol. The maximum atomic E-state index is 13.3. The minimum Gasteiger partial charge on any atom is -0.481 e. The fraction of sp³-hybridized carbons (Fsp3) is 0.650. The first-order chi connectivity index (χ1) is 12.8. The number of carboxylic acid groups (broad SMARTS) is 1. The number of carboxylic acids is 1. The molecule has 0 saturated carbocycles. The van der Waals surface area contributed by atoms with E-state index in [-0.39, 0.29) is 18.6 Å². The van der Waals surface area contributed by atoms with Crippen molar-refractivity contribution in [2.45, 2.75) is 85.4 Å². The zero-order valence-corrected chi connectivity index (χ0v) is 20.2. The molecule has 0 radical (unpaired) electrons. The molecular formula is C20H32BrO6P. The first-order valence-electron chi connectivity index (χ1n) is 9.50. The molecule has 0 aliphatic carbocycles. The van der Waals surface area contributed by atoms with Crippen molar-refractivity contribution in [2.24, 2.45) is 0 Å². The monoisotopic (exact) mass is 478 g/mol. The van der Waals surface area contributed by atoms with Crippen LogP contribution in [0.1, 0.15) is 72.4 Å². The summed E-state index contributed by atoms with van der Waals surface area (Å²) in [5.41, 5.74) is 0.923. The minimum absolute atomic E-state index is 0.168. The van der Waals surface area contributed by atoms with Crippen LogP contribution in [0.5, 0.6) is 5.75 Å². The number of phosphoric acid groups is 1. The second kappa shape index (κ2) is 10.2. The van der Waals surface area contributed by atoms with E-state index in [1.807, 2.05) is 13.8 Å². The molecule has 28 heavy (non-hydrogen) atoms. The average molecular weight is 479 g/mol. The molecule has 0 fully saturated rings. The van der Waals surface area contributed by atoms with Crippen molar-refractivity contribution in [3.63, 3.8) is 0 Å². The average Bonchev–Trinajstić information content (AvgIpc) is 2.42. The quantitative estimate of drug-likeness (QED) is 0.366. The molecule has 1 aromatic carbocycles. The second-order valence-corrected chi connectivity index (χ2v) is 10.4. The zero-order chi connectivity index (χ0) is 21.7. The SMILES string of the molecule is CCCC(C)(C)c1c(CC(=O)O)cc(Br)cc1OP(=O)(OC(C)C)OC(C)C. The third kappa shape index (κ3) is 7.51. The van der Waals surface area contributed by atoms with Crippen molar-refractivity contribution in [3.8, 4) is 5.75 Å². The highest BCUT2D eigenvalue weighted by Gasteiger charge is 2.36. The van der Waals surface area contributed by atoms with Gasteiger partial charge in [-0.2, -0.15) is 0 Å². The van der Waals surface area contributed by atoms with Crippen LogP contribution in [0.25, 0.3) is 0 Å². The van der Waals surface area contributed by atoms with Crippen molar-refractivity contribution < 1.29 is 28.0 Å². The van der Waals surface area contributed by atoms with E-state index in [0.29, 0.717) is 21.3 Å². The predicted octanol–water partition coefficient (Wildman–Crippen LogP) is 6.49. The van der Waals surface area contributed by atoms with Gasteiger partial charge in [0.25, 0.3) is 0 Å². The molecule has 0 bridgehead atoms. The Morgan fingerprint density at radius 2 is 1.71 bits per heavy atom. The van der Waals surface area contributed by atoms with Gasteiger partial charge in [0.1, 0.15) is 5.75 Å². The lowest BCUT2D eigenvalue weighted by Gasteiger charge is -2.31. The summed E-state index contributed by atoms with van der Waals surface area (Å²) in [6.45, 7) is 13.1. The first kappa shape index (κ1) is 25.2. The molecule has 0 spiro atoms. The second-order valence-electron chi connectivity index (χ2n) is 7.99. The van der Waals surface area contributed by atoms with E-state index in [4.69, 9.17) is 13.6 Å². The Bertz CT molecular complexity index is 716. The van der Waals surface area contributed by atoms with Gasteiger partial charge >= 0.3 is 13.8 Å². The number of hydrogen-bond donors (Lipinski definition) is 1. The summed E-state index contributed by atoms with van der Waals surface area (Å²) in [4.78, 5) is 11.4. The molecule has 0 aromatic heterocycles. The summed E-state index contributed by atoms with van der Waals surface area (Å²) < 4.78 is 30.8. The normalized spacial score (nSPS) is 12.6. The zero-order valence-electron chi connectivity index (χ0n) is 17.7. The van der Waals surface area contributed by atoms with Gasteiger partial charge in [-0.3, -0.25) is 13.8 Å². The van der Waals surface area contributed by atoms with Gasteiger partial charge in [0.05, 0.1) is 18.6 Å². The minimum atomic E-state index is -3.91.